The fourth-order valence-electron chi connectivity index (χ4n) is 0.955. The van der Waals surface area contributed by atoms with Crippen molar-refractivity contribution in [1.29, 1.82) is 0 Å². The lowest BCUT2D eigenvalue weighted by atomic mass is 9.89. The van der Waals surface area contributed by atoms with Crippen LogP contribution in [0.2, 0.25) is 0 Å². The monoisotopic (exact) mass is 251 g/mol. The Bertz CT molecular complexity index is 454. The third-order valence-electron chi connectivity index (χ3n) is 2.54. The van der Waals surface area contributed by atoms with Crippen molar-refractivity contribution < 1.29 is 4.79 Å². The molecule has 0 saturated heterocycles. The molecular formula is C12H17N3OS. The van der Waals surface area contributed by atoms with Gasteiger partial charge in [-0.1, -0.05) is 43.9 Å². The molecule has 0 aliphatic rings. The van der Waals surface area contributed by atoms with E-state index in [1.54, 1.807) is 6.20 Å². The Balaban J connectivity index is 2.70. The number of carbonyl (C=O) groups excluding carboxylic acids is 1. The number of nitrogens with one attached hydrogen (secondary N) is 1. The zero-order valence-corrected chi connectivity index (χ0v) is 11.1. The van der Waals surface area contributed by atoms with Crippen molar-refractivity contribution in [2.75, 3.05) is 11.9 Å². The van der Waals surface area contributed by atoms with Crippen LogP contribution in [0, 0.1) is 17.3 Å². The van der Waals surface area contributed by atoms with Crippen LogP contribution in [0.5, 0.6) is 0 Å². The van der Waals surface area contributed by atoms with Crippen LogP contribution in [0.3, 0.4) is 0 Å². The first-order valence-corrected chi connectivity index (χ1v) is 6.27. The highest BCUT2D eigenvalue weighted by Crippen LogP contribution is 2.24. The van der Waals surface area contributed by atoms with Gasteiger partial charge in [0, 0.05) is 5.41 Å². The number of nitrogens with zero attached hydrogens (tertiary/aromatic N) is 1. The standard InChI is InChI=1S/C12H17N3OS/c1-4-12(2,3)10(16)15-11-14-8-9(17-11)6-5-7-13/h8H,4,7,13H2,1-3H3,(H,14,15,16). The number of nitrogens with two attached hydrogens (primary N) is 1. The topological polar surface area (TPSA) is 68.0 Å². The number of amides is 1. The van der Waals surface area contributed by atoms with Gasteiger partial charge in [0.2, 0.25) is 5.91 Å². The molecule has 0 aliphatic carbocycles. The van der Waals surface area contributed by atoms with Crippen LogP contribution in [-0.4, -0.2) is 17.4 Å². The minimum Gasteiger partial charge on any atom is -0.320 e. The van der Waals surface area contributed by atoms with E-state index in [1.165, 1.54) is 11.3 Å². The van der Waals surface area contributed by atoms with Gasteiger partial charge in [-0.15, -0.1) is 0 Å². The molecule has 0 radical (unpaired) electrons. The molecule has 0 aromatic carbocycles. The molecule has 0 aliphatic heterocycles. The van der Waals surface area contributed by atoms with E-state index in [1.807, 2.05) is 20.8 Å². The van der Waals surface area contributed by atoms with Crippen molar-refractivity contribution in [2.45, 2.75) is 27.2 Å². The number of rotatable bonds is 3. The quantitative estimate of drug-likeness (QED) is 0.805. The highest BCUT2D eigenvalue weighted by Gasteiger charge is 2.25. The summed E-state index contributed by atoms with van der Waals surface area (Å²) in [5, 5.41) is 3.38. The predicted octanol–water partition coefficient (Wildman–Crippen LogP) is 1.83. The van der Waals surface area contributed by atoms with Crippen molar-refractivity contribution in [3.8, 4) is 11.8 Å². The van der Waals surface area contributed by atoms with Crippen molar-refractivity contribution in [3.05, 3.63) is 11.1 Å². The van der Waals surface area contributed by atoms with Crippen LogP contribution in [0.25, 0.3) is 0 Å². The number of carbonyl (C=O) groups is 1. The van der Waals surface area contributed by atoms with Crippen molar-refractivity contribution in [3.63, 3.8) is 0 Å². The maximum Gasteiger partial charge on any atom is 0.231 e. The normalized spacial score (nSPS) is 10.6. The lowest BCUT2D eigenvalue weighted by Gasteiger charge is -2.20. The summed E-state index contributed by atoms with van der Waals surface area (Å²) in [6.45, 7) is 6.12. The molecule has 1 amide bonds. The van der Waals surface area contributed by atoms with Gasteiger partial charge < -0.3 is 11.1 Å². The van der Waals surface area contributed by atoms with E-state index >= 15 is 0 Å². The van der Waals surface area contributed by atoms with Crippen LogP contribution in [0.4, 0.5) is 5.13 Å². The molecule has 0 saturated carbocycles. The first kappa shape index (κ1) is 13.7. The molecule has 92 valence electrons. The van der Waals surface area contributed by atoms with E-state index in [2.05, 4.69) is 22.1 Å². The molecule has 0 fully saturated rings. The summed E-state index contributed by atoms with van der Waals surface area (Å²) in [6.07, 6.45) is 2.42. The second-order valence-electron chi connectivity index (χ2n) is 4.23. The van der Waals surface area contributed by atoms with Gasteiger partial charge in [0.25, 0.3) is 0 Å². The summed E-state index contributed by atoms with van der Waals surface area (Å²) >= 11 is 1.36. The Morgan fingerprint density at radius 3 is 2.94 bits per heavy atom. The number of thiazole rings is 1. The first-order valence-electron chi connectivity index (χ1n) is 5.46. The predicted molar refractivity (Wildman–Crippen MR) is 70.7 cm³/mol. The fourth-order valence-corrected chi connectivity index (χ4v) is 1.64. The molecule has 0 atom stereocenters. The molecule has 1 aromatic heterocycles. The SMILES string of the molecule is CCC(C)(C)C(=O)Nc1ncc(C#CCN)s1. The van der Waals surface area contributed by atoms with Gasteiger partial charge in [-0.05, 0) is 6.42 Å². The number of hydrogen-bond acceptors (Lipinski definition) is 4. The molecule has 1 rings (SSSR count). The van der Waals surface area contributed by atoms with Gasteiger partial charge in [-0.2, -0.15) is 0 Å². The maximum atomic E-state index is 11.9. The molecule has 17 heavy (non-hydrogen) atoms. The molecule has 0 spiro atoms. The molecule has 0 unspecified atom stereocenters. The van der Waals surface area contributed by atoms with E-state index in [9.17, 15) is 4.79 Å². The van der Waals surface area contributed by atoms with Gasteiger partial charge in [-0.25, -0.2) is 4.98 Å². The minimum absolute atomic E-state index is 0.0207. The number of aromatic nitrogens is 1. The van der Waals surface area contributed by atoms with Crippen molar-refractivity contribution in [1.82, 2.24) is 4.98 Å². The number of hydrogen-bond donors (Lipinski definition) is 2. The van der Waals surface area contributed by atoms with Crippen LogP contribution in [0.15, 0.2) is 6.20 Å². The van der Waals surface area contributed by atoms with Gasteiger partial charge in [0.1, 0.15) is 0 Å². The molecular weight excluding hydrogens is 234 g/mol. The third-order valence-corrected chi connectivity index (χ3v) is 3.37. The zero-order chi connectivity index (χ0) is 12.9. The average Bonchev–Trinajstić information content (AvgIpc) is 2.74. The van der Waals surface area contributed by atoms with E-state index in [0.29, 0.717) is 11.7 Å². The summed E-state index contributed by atoms with van der Waals surface area (Å²) in [5.41, 5.74) is 4.90. The van der Waals surface area contributed by atoms with E-state index in [0.717, 1.165) is 11.3 Å². The molecule has 4 nitrogen and oxygen atoms in total. The van der Waals surface area contributed by atoms with E-state index in [-0.39, 0.29) is 11.3 Å². The molecule has 0 bridgehead atoms. The molecule has 5 heteroatoms. The molecule has 3 N–H and O–H groups in total. The second-order valence-corrected chi connectivity index (χ2v) is 5.26. The van der Waals surface area contributed by atoms with Crippen LogP contribution in [-0.2, 0) is 4.79 Å². The van der Waals surface area contributed by atoms with Crippen molar-refractivity contribution in [2.24, 2.45) is 11.1 Å². The Morgan fingerprint density at radius 1 is 1.65 bits per heavy atom. The maximum absolute atomic E-state index is 11.9. The fraction of sp³-hybridized carbons (Fsp3) is 0.500. The lowest BCUT2D eigenvalue weighted by molar-refractivity contribution is -0.124. The largest absolute Gasteiger partial charge is 0.320 e. The van der Waals surface area contributed by atoms with Gasteiger partial charge >= 0.3 is 0 Å². The summed E-state index contributed by atoms with van der Waals surface area (Å²) in [7, 11) is 0. The molecule has 1 aromatic rings. The van der Waals surface area contributed by atoms with Crippen LogP contribution < -0.4 is 11.1 Å². The highest BCUT2D eigenvalue weighted by molar-refractivity contribution is 7.16. The highest BCUT2D eigenvalue weighted by atomic mass is 32.1. The lowest BCUT2D eigenvalue weighted by Crippen LogP contribution is -2.29. The van der Waals surface area contributed by atoms with Gasteiger partial charge in [0.15, 0.2) is 5.13 Å². The van der Waals surface area contributed by atoms with Crippen LogP contribution in [0.1, 0.15) is 32.1 Å². The van der Waals surface area contributed by atoms with E-state index in [4.69, 9.17) is 5.73 Å². The Labute approximate surface area is 106 Å². The minimum atomic E-state index is -0.380. The Kier molecular flexibility index (Phi) is 4.67. The smallest absolute Gasteiger partial charge is 0.231 e. The second kappa shape index (κ2) is 5.80. The first-order chi connectivity index (χ1) is 7.99. The Morgan fingerprint density at radius 2 is 2.35 bits per heavy atom. The third kappa shape index (κ3) is 3.84. The van der Waals surface area contributed by atoms with Crippen LogP contribution >= 0.6 is 11.3 Å². The van der Waals surface area contributed by atoms with Gasteiger partial charge in [-0.3, -0.25) is 4.79 Å². The summed E-state index contributed by atoms with van der Waals surface area (Å²) < 4.78 is 0. The number of anilines is 1. The average molecular weight is 251 g/mol. The summed E-state index contributed by atoms with van der Waals surface area (Å²) in [5.74, 6) is 5.61. The zero-order valence-electron chi connectivity index (χ0n) is 10.3. The van der Waals surface area contributed by atoms with Gasteiger partial charge in [0.05, 0.1) is 17.6 Å². The summed E-state index contributed by atoms with van der Waals surface area (Å²) in [4.78, 5) is 16.8. The van der Waals surface area contributed by atoms with Crippen molar-refractivity contribution >= 4 is 22.4 Å². The molecule has 1 heterocycles. The van der Waals surface area contributed by atoms with E-state index < -0.39 is 0 Å². The Hall–Kier alpha value is -1.38. The summed E-state index contributed by atoms with van der Waals surface area (Å²) in [6, 6.07) is 0.